The van der Waals surface area contributed by atoms with E-state index in [0.29, 0.717) is 30.3 Å². The Kier molecular flexibility index (Phi) is 5.94. The lowest BCUT2D eigenvalue weighted by molar-refractivity contribution is -0.122. The van der Waals surface area contributed by atoms with Crippen LogP contribution in [0.4, 0.5) is 11.4 Å². The monoisotopic (exact) mass is 402 g/mol. The first-order valence-electron chi connectivity index (χ1n) is 9.84. The van der Waals surface area contributed by atoms with E-state index in [-0.39, 0.29) is 24.7 Å². The van der Waals surface area contributed by atoms with Gasteiger partial charge in [0.15, 0.2) is 0 Å². The molecule has 3 aromatic carbocycles. The maximum absolute atomic E-state index is 12.6. The van der Waals surface area contributed by atoms with Crippen LogP contribution in [0.15, 0.2) is 78.9 Å². The zero-order chi connectivity index (χ0) is 20.8. The van der Waals surface area contributed by atoms with E-state index in [1.54, 1.807) is 29.2 Å². The Balaban J connectivity index is 1.28. The largest absolute Gasteiger partial charge is 0.490 e. The number of amides is 2. The van der Waals surface area contributed by atoms with Crippen molar-refractivity contribution < 1.29 is 19.1 Å². The lowest BCUT2D eigenvalue weighted by Gasteiger charge is -2.29. The summed E-state index contributed by atoms with van der Waals surface area (Å²) in [5.74, 6) is 1.83. The van der Waals surface area contributed by atoms with Crippen molar-refractivity contribution in [3.63, 3.8) is 0 Å². The van der Waals surface area contributed by atoms with E-state index in [1.165, 1.54) is 0 Å². The first-order chi connectivity index (χ1) is 14.7. The Hall–Kier alpha value is -3.80. The topological polar surface area (TPSA) is 67.9 Å². The SMILES string of the molecule is O=C(CCC(=O)N1CCOc2ccccc21)Nc1ccc(Oc2ccccc2)cc1. The van der Waals surface area contributed by atoms with Crippen LogP contribution in [0.25, 0.3) is 0 Å². The quantitative estimate of drug-likeness (QED) is 0.653. The van der Waals surface area contributed by atoms with Gasteiger partial charge in [-0.3, -0.25) is 9.59 Å². The molecule has 30 heavy (non-hydrogen) atoms. The second-order valence-corrected chi connectivity index (χ2v) is 6.85. The fourth-order valence-electron chi connectivity index (χ4n) is 3.24. The van der Waals surface area contributed by atoms with Gasteiger partial charge >= 0.3 is 0 Å². The van der Waals surface area contributed by atoms with Crippen LogP contribution in [0.1, 0.15) is 12.8 Å². The van der Waals surface area contributed by atoms with Gasteiger partial charge in [0.25, 0.3) is 0 Å². The molecule has 1 aliphatic rings. The smallest absolute Gasteiger partial charge is 0.227 e. The first kappa shape index (κ1) is 19.5. The summed E-state index contributed by atoms with van der Waals surface area (Å²) in [6, 6.07) is 24.0. The maximum Gasteiger partial charge on any atom is 0.227 e. The second kappa shape index (κ2) is 9.13. The molecule has 0 spiro atoms. The molecule has 1 heterocycles. The van der Waals surface area contributed by atoms with Crippen molar-refractivity contribution in [2.24, 2.45) is 0 Å². The summed E-state index contributed by atoms with van der Waals surface area (Å²) in [6.45, 7) is 0.937. The molecule has 0 fully saturated rings. The number of hydrogen-bond acceptors (Lipinski definition) is 4. The van der Waals surface area contributed by atoms with Gasteiger partial charge < -0.3 is 19.7 Å². The van der Waals surface area contributed by atoms with Crippen molar-refractivity contribution in [1.29, 1.82) is 0 Å². The van der Waals surface area contributed by atoms with Crippen LogP contribution in [0.2, 0.25) is 0 Å². The number of rotatable bonds is 6. The molecule has 2 amide bonds. The molecule has 4 rings (SSSR count). The summed E-state index contributed by atoms with van der Waals surface area (Å²) in [7, 11) is 0. The molecule has 6 nitrogen and oxygen atoms in total. The third-order valence-corrected chi connectivity index (χ3v) is 4.71. The predicted octanol–water partition coefficient (Wildman–Crippen LogP) is 4.62. The molecule has 1 aliphatic heterocycles. The fraction of sp³-hybridized carbons (Fsp3) is 0.167. The predicted molar refractivity (Wildman–Crippen MR) is 115 cm³/mol. The Morgan fingerprint density at radius 1 is 0.867 bits per heavy atom. The molecular weight excluding hydrogens is 380 g/mol. The molecule has 0 bridgehead atoms. The summed E-state index contributed by atoms with van der Waals surface area (Å²) >= 11 is 0. The number of carbonyl (C=O) groups excluding carboxylic acids is 2. The van der Waals surface area contributed by atoms with E-state index in [2.05, 4.69) is 5.32 Å². The van der Waals surface area contributed by atoms with Crippen LogP contribution in [-0.4, -0.2) is 25.0 Å². The number of hydrogen-bond donors (Lipinski definition) is 1. The van der Waals surface area contributed by atoms with Crippen molar-refractivity contribution in [1.82, 2.24) is 0 Å². The molecule has 0 aromatic heterocycles. The summed E-state index contributed by atoms with van der Waals surface area (Å²) < 4.78 is 11.3. The summed E-state index contributed by atoms with van der Waals surface area (Å²) in [4.78, 5) is 26.6. The maximum atomic E-state index is 12.6. The standard InChI is InChI=1S/C24H22N2O4/c27-23(14-15-24(28)26-16-17-29-22-9-5-4-8-21(22)26)25-18-10-12-20(13-11-18)30-19-6-2-1-3-7-19/h1-13H,14-17H2,(H,25,27). The molecule has 0 atom stereocenters. The van der Waals surface area contributed by atoms with Gasteiger partial charge in [-0.1, -0.05) is 30.3 Å². The summed E-state index contributed by atoms with van der Waals surface area (Å²) in [5, 5.41) is 2.82. The lowest BCUT2D eigenvalue weighted by atomic mass is 10.2. The van der Waals surface area contributed by atoms with Crippen molar-refractivity contribution in [3.8, 4) is 17.2 Å². The normalized spacial score (nSPS) is 12.5. The van der Waals surface area contributed by atoms with Crippen LogP contribution in [0, 0.1) is 0 Å². The second-order valence-electron chi connectivity index (χ2n) is 6.85. The van der Waals surface area contributed by atoms with Crippen LogP contribution in [-0.2, 0) is 9.59 Å². The average molecular weight is 402 g/mol. The minimum atomic E-state index is -0.207. The molecule has 3 aromatic rings. The van der Waals surface area contributed by atoms with Crippen LogP contribution < -0.4 is 19.7 Å². The van der Waals surface area contributed by atoms with E-state index >= 15 is 0 Å². The number of anilines is 2. The van der Waals surface area contributed by atoms with Crippen LogP contribution >= 0.6 is 0 Å². The number of carbonyl (C=O) groups is 2. The zero-order valence-corrected chi connectivity index (χ0v) is 16.4. The lowest BCUT2D eigenvalue weighted by Crippen LogP contribution is -2.38. The number of nitrogens with one attached hydrogen (secondary N) is 1. The highest BCUT2D eigenvalue weighted by Gasteiger charge is 2.23. The summed E-state index contributed by atoms with van der Waals surface area (Å²) in [5.41, 5.74) is 1.41. The molecule has 152 valence electrons. The van der Waals surface area contributed by atoms with E-state index in [0.717, 1.165) is 11.4 Å². The van der Waals surface area contributed by atoms with Gasteiger partial charge in [-0.25, -0.2) is 0 Å². The number of para-hydroxylation sites is 3. The number of benzene rings is 3. The van der Waals surface area contributed by atoms with E-state index < -0.39 is 0 Å². The Labute approximate surface area is 175 Å². The van der Waals surface area contributed by atoms with Gasteiger partial charge in [-0.15, -0.1) is 0 Å². The third-order valence-electron chi connectivity index (χ3n) is 4.71. The number of fused-ring (bicyclic) bond motifs is 1. The van der Waals surface area contributed by atoms with Crippen molar-refractivity contribution in [2.75, 3.05) is 23.4 Å². The summed E-state index contributed by atoms with van der Waals surface area (Å²) in [6.07, 6.45) is 0.246. The van der Waals surface area contributed by atoms with Crippen molar-refractivity contribution in [3.05, 3.63) is 78.9 Å². The Morgan fingerprint density at radius 3 is 2.37 bits per heavy atom. The van der Waals surface area contributed by atoms with Gasteiger partial charge in [-0.2, -0.15) is 0 Å². The minimum absolute atomic E-state index is 0.0903. The van der Waals surface area contributed by atoms with Gasteiger partial charge in [0.2, 0.25) is 11.8 Å². The van der Waals surface area contributed by atoms with E-state index in [4.69, 9.17) is 9.47 Å². The zero-order valence-electron chi connectivity index (χ0n) is 16.4. The average Bonchev–Trinajstić information content (AvgIpc) is 2.79. The minimum Gasteiger partial charge on any atom is -0.490 e. The molecule has 6 heteroatoms. The molecule has 0 saturated heterocycles. The van der Waals surface area contributed by atoms with Crippen LogP contribution in [0.3, 0.4) is 0 Å². The van der Waals surface area contributed by atoms with Gasteiger partial charge in [0, 0.05) is 18.5 Å². The third kappa shape index (κ3) is 4.78. The van der Waals surface area contributed by atoms with Gasteiger partial charge in [-0.05, 0) is 48.5 Å². The molecule has 0 unspecified atom stereocenters. The highest BCUT2D eigenvalue weighted by molar-refractivity contribution is 5.99. The Morgan fingerprint density at radius 2 is 1.57 bits per heavy atom. The molecule has 0 radical (unpaired) electrons. The molecular formula is C24H22N2O4. The molecule has 0 saturated carbocycles. The Bertz CT molecular complexity index is 1020. The van der Waals surface area contributed by atoms with Gasteiger partial charge in [0.05, 0.1) is 12.2 Å². The number of nitrogens with zero attached hydrogens (tertiary/aromatic N) is 1. The van der Waals surface area contributed by atoms with Gasteiger partial charge in [0.1, 0.15) is 23.9 Å². The number of ether oxygens (including phenoxy) is 2. The van der Waals surface area contributed by atoms with Crippen molar-refractivity contribution >= 4 is 23.2 Å². The first-order valence-corrected chi connectivity index (χ1v) is 9.84. The van der Waals surface area contributed by atoms with E-state index in [9.17, 15) is 9.59 Å². The van der Waals surface area contributed by atoms with Crippen LogP contribution in [0.5, 0.6) is 17.2 Å². The molecule has 0 aliphatic carbocycles. The highest BCUT2D eigenvalue weighted by atomic mass is 16.5. The molecule has 1 N–H and O–H groups in total. The fourth-order valence-corrected chi connectivity index (χ4v) is 3.24. The van der Waals surface area contributed by atoms with Crippen molar-refractivity contribution in [2.45, 2.75) is 12.8 Å². The highest BCUT2D eigenvalue weighted by Crippen LogP contribution is 2.31. The van der Waals surface area contributed by atoms with E-state index in [1.807, 2.05) is 54.6 Å².